The molecule has 0 bridgehead atoms. The third-order valence-corrected chi connectivity index (χ3v) is 3.74. The largest absolute Gasteiger partial charge is 0.383 e. The van der Waals surface area contributed by atoms with E-state index in [2.05, 4.69) is 25.6 Å². The molecule has 132 valence electrons. The summed E-state index contributed by atoms with van der Waals surface area (Å²) in [6, 6.07) is 1.92. The fourth-order valence-corrected chi connectivity index (χ4v) is 2.65. The van der Waals surface area contributed by atoms with Gasteiger partial charge < -0.3 is 19.1 Å². The topological polar surface area (TPSA) is 99.1 Å². The summed E-state index contributed by atoms with van der Waals surface area (Å²) in [7, 11) is 1.66. The zero-order valence-electron chi connectivity index (χ0n) is 15.0. The van der Waals surface area contributed by atoms with Crippen LogP contribution in [0, 0.1) is 20.8 Å². The van der Waals surface area contributed by atoms with E-state index in [1.807, 2.05) is 33.8 Å². The van der Waals surface area contributed by atoms with E-state index in [1.165, 1.54) is 0 Å². The Morgan fingerprint density at radius 3 is 2.60 bits per heavy atom. The van der Waals surface area contributed by atoms with Gasteiger partial charge in [-0.3, -0.25) is 0 Å². The van der Waals surface area contributed by atoms with Gasteiger partial charge >= 0.3 is 0 Å². The minimum atomic E-state index is 0.0703. The Morgan fingerprint density at radius 1 is 1.20 bits per heavy atom. The lowest BCUT2D eigenvalue weighted by atomic mass is 10.0. The number of hydrogen-bond donors (Lipinski definition) is 1. The van der Waals surface area contributed by atoms with Crippen LogP contribution in [0.3, 0.4) is 0 Å². The Balaban J connectivity index is 2.10. The third-order valence-electron chi connectivity index (χ3n) is 3.74. The van der Waals surface area contributed by atoms with Crippen molar-refractivity contribution < 1.29 is 13.8 Å². The lowest BCUT2D eigenvalue weighted by Gasteiger charge is -2.14. The van der Waals surface area contributed by atoms with Crippen LogP contribution in [0.2, 0.25) is 0 Å². The molecule has 0 radical (unpaired) electrons. The highest BCUT2D eigenvalue weighted by molar-refractivity contribution is 5.80. The van der Waals surface area contributed by atoms with Gasteiger partial charge in [0.2, 0.25) is 5.95 Å². The number of aryl methyl sites for hydroxylation is 3. The van der Waals surface area contributed by atoms with Crippen LogP contribution in [-0.2, 0) is 4.74 Å². The van der Waals surface area contributed by atoms with Crippen LogP contribution >= 0.6 is 0 Å². The Hall–Kier alpha value is -2.74. The van der Waals surface area contributed by atoms with Crippen LogP contribution in [0.15, 0.2) is 21.3 Å². The number of aromatic nitrogens is 4. The van der Waals surface area contributed by atoms with Crippen molar-refractivity contribution in [3.8, 4) is 22.6 Å². The average Bonchev–Trinajstić information content (AvgIpc) is 3.13. The predicted molar refractivity (Wildman–Crippen MR) is 92.2 cm³/mol. The molecule has 0 fully saturated rings. The Labute approximate surface area is 145 Å². The van der Waals surface area contributed by atoms with Crippen molar-refractivity contribution in [3.63, 3.8) is 0 Å². The fourth-order valence-electron chi connectivity index (χ4n) is 2.65. The van der Waals surface area contributed by atoms with Crippen molar-refractivity contribution in [2.75, 3.05) is 19.0 Å². The first-order valence-corrected chi connectivity index (χ1v) is 7.99. The van der Waals surface area contributed by atoms with Gasteiger partial charge in [-0.1, -0.05) is 10.3 Å². The summed E-state index contributed by atoms with van der Waals surface area (Å²) in [5.74, 6) is 1.79. The van der Waals surface area contributed by atoms with Crippen LogP contribution in [0.4, 0.5) is 5.95 Å². The zero-order valence-corrected chi connectivity index (χ0v) is 15.0. The number of hydrogen-bond acceptors (Lipinski definition) is 8. The van der Waals surface area contributed by atoms with Gasteiger partial charge in [0.1, 0.15) is 5.76 Å². The van der Waals surface area contributed by atoms with Gasteiger partial charge in [-0.2, -0.15) is 0 Å². The highest BCUT2D eigenvalue weighted by Crippen LogP contribution is 2.34. The average molecular weight is 343 g/mol. The van der Waals surface area contributed by atoms with E-state index in [0.717, 1.165) is 22.5 Å². The van der Waals surface area contributed by atoms with E-state index in [4.69, 9.17) is 13.8 Å². The fraction of sp³-hybridized carbons (Fsp3) is 0.412. The van der Waals surface area contributed by atoms with Gasteiger partial charge in [0.25, 0.3) is 0 Å². The summed E-state index contributed by atoms with van der Waals surface area (Å²) in [6.45, 7) is 8.15. The highest BCUT2D eigenvalue weighted by atomic mass is 16.5. The number of ether oxygens (including phenoxy) is 1. The molecule has 0 saturated heterocycles. The maximum Gasteiger partial charge on any atom is 0.223 e. The monoisotopic (exact) mass is 343 g/mol. The molecule has 8 nitrogen and oxygen atoms in total. The molecule has 0 amide bonds. The van der Waals surface area contributed by atoms with Gasteiger partial charge in [0.05, 0.1) is 34.8 Å². The molecule has 25 heavy (non-hydrogen) atoms. The van der Waals surface area contributed by atoms with Gasteiger partial charge in [-0.05, 0) is 27.7 Å². The molecule has 3 rings (SSSR count). The minimum absolute atomic E-state index is 0.0703. The lowest BCUT2D eigenvalue weighted by molar-refractivity contribution is 0.190. The maximum absolute atomic E-state index is 5.41. The third kappa shape index (κ3) is 3.53. The molecule has 3 aromatic rings. The van der Waals surface area contributed by atoms with E-state index < -0.39 is 0 Å². The van der Waals surface area contributed by atoms with Crippen molar-refractivity contribution in [2.24, 2.45) is 0 Å². The summed E-state index contributed by atoms with van der Waals surface area (Å²) >= 11 is 0. The van der Waals surface area contributed by atoms with Crippen LogP contribution < -0.4 is 5.32 Å². The van der Waals surface area contributed by atoms with E-state index in [9.17, 15) is 0 Å². The Bertz CT molecular complexity index is 852. The quantitative estimate of drug-likeness (QED) is 0.728. The number of nitrogens with zero attached hydrogens (tertiary/aromatic N) is 4. The van der Waals surface area contributed by atoms with E-state index in [0.29, 0.717) is 29.8 Å². The molecule has 3 heterocycles. The first-order valence-electron chi connectivity index (χ1n) is 7.99. The van der Waals surface area contributed by atoms with Crippen molar-refractivity contribution in [1.29, 1.82) is 0 Å². The summed E-state index contributed by atoms with van der Waals surface area (Å²) in [5.41, 5.74) is 3.79. The molecule has 0 aliphatic heterocycles. The molecule has 3 aromatic heterocycles. The molecule has 0 aliphatic rings. The SMILES string of the molecule is COC[C@@H](C)Nc1ncc(-c2cc(C)no2)c(-c2c(C)noc2C)n1. The maximum atomic E-state index is 5.41. The smallest absolute Gasteiger partial charge is 0.223 e. The summed E-state index contributed by atoms with van der Waals surface area (Å²) in [4.78, 5) is 9.08. The highest BCUT2D eigenvalue weighted by Gasteiger charge is 2.21. The molecular formula is C17H21N5O3. The van der Waals surface area contributed by atoms with Crippen LogP contribution in [0.1, 0.15) is 24.1 Å². The standard InChI is InChI=1S/C17H21N5O3/c1-9-6-14(25-21-9)13-7-18-17(19-10(2)8-23-5)20-16(13)15-11(3)22-24-12(15)4/h6-7,10H,8H2,1-5H3,(H,18,19,20)/t10-/m1/s1. The summed E-state index contributed by atoms with van der Waals surface area (Å²) in [5, 5.41) is 11.2. The second kappa shape index (κ2) is 7.02. The van der Waals surface area contributed by atoms with Crippen LogP contribution in [0.5, 0.6) is 0 Å². The number of anilines is 1. The molecule has 0 spiro atoms. The van der Waals surface area contributed by atoms with Gasteiger partial charge in [0.15, 0.2) is 5.76 Å². The molecule has 0 saturated carbocycles. The summed E-state index contributed by atoms with van der Waals surface area (Å²) < 4.78 is 15.9. The lowest BCUT2D eigenvalue weighted by Crippen LogP contribution is -2.22. The van der Waals surface area contributed by atoms with E-state index in [1.54, 1.807) is 13.3 Å². The summed E-state index contributed by atoms with van der Waals surface area (Å²) in [6.07, 6.45) is 1.72. The molecule has 0 aromatic carbocycles. The second-order valence-corrected chi connectivity index (χ2v) is 5.99. The normalized spacial score (nSPS) is 12.4. The molecule has 0 aliphatic carbocycles. The van der Waals surface area contributed by atoms with Crippen molar-refractivity contribution in [3.05, 3.63) is 29.4 Å². The van der Waals surface area contributed by atoms with Crippen molar-refractivity contribution >= 4 is 5.95 Å². The van der Waals surface area contributed by atoms with E-state index in [-0.39, 0.29) is 6.04 Å². The zero-order chi connectivity index (χ0) is 18.0. The minimum Gasteiger partial charge on any atom is -0.383 e. The second-order valence-electron chi connectivity index (χ2n) is 5.99. The predicted octanol–water partition coefficient (Wildman–Crippen LogP) is 3.16. The molecule has 1 N–H and O–H groups in total. The van der Waals surface area contributed by atoms with E-state index >= 15 is 0 Å². The van der Waals surface area contributed by atoms with Gasteiger partial charge in [0, 0.05) is 25.4 Å². The van der Waals surface area contributed by atoms with Crippen molar-refractivity contribution in [2.45, 2.75) is 33.7 Å². The molecule has 1 atom stereocenters. The number of rotatable bonds is 6. The number of nitrogens with one attached hydrogen (secondary N) is 1. The molecule has 0 unspecified atom stereocenters. The van der Waals surface area contributed by atoms with Crippen molar-refractivity contribution in [1.82, 2.24) is 20.3 Å². The van der Waals surface area contributed by atoms with Gasteiger partial charge in [-0.15, -0.1) is 0 Å². The Kier molecular flexibility index (Phi) is 4.80. The Morgan fingerprint density at radius 2 is 2.00 bits per heavy atom. The first kappa shape index (κ1) is 17.1. The number of methoxy groups -OCH3 is 1. The molecular weight excluding hydrogens is 322 g/mol. The van der Waals surface area contributed by atoms with Gasteiger partial charge in [-0.25, -0.2) is 9.97 Å². The molecule has 8 heteroatoms. The van der Waals surface area contributed by atoms with Crippen LogP contribution in [0.25, 0.3) is 22.6 Å². The first-order chi connectivity index (χ1) is 12.0. The van der Waals surface area contributed by atoms with Crippen LogP contribution in [-0.4, -0.2) is 40.0 Å².